The van der Waals surface area contributed by atoms with Crippen molar-refractivity contribution in [2.45, 2.75) is 0 Å². The molecule has 1 amide bonds. The van der Waals surface area contributed by atoms with Crippen molar-refractivity contribution < 1.29 is 14.3 Å². The van der Waals surface area contributed by atoms with Gasteiger partial charge < -0.3 is 14.8 Å². The average Bonchev–Trinajstić information content (AvgIpc) is 2.50. The number of carbonyl (C=O) groups is 1. The van der Waals surface area contributed by atoms with Gasteiger partial charge in [0.15, 0.2) is 11.5 Å². The minimum Gasteiger partial charge on any atom is -0.486 e. The van der Waals surface area contributed by atoms with Gasteiger partial charge in [0, 0.05) is 21.8 Å². The maximum absolute atomic E-state index is 12.2. The number of nitrogens with one attached hydrogen (secondary N) is 1. The van der Waals surface area contributed by atoms with Crippen LogP contribution in [-0.2, 0) is 0 Å². The molecule has 0 saturated carbocycles. The molecule has 6 heteroatoms. The maximum Gasteiger partial charge on any atom is 0.255 e. The number of rotatable bonds is 2. The molecule has 0 atom stereocenters. The first-order valence-corrected chi connectivity index (χ1v) is 7.46. The van der Waals surface area contributed by atoms with Crippen LogP contribution in [0.5, 0.6) is 11.5 Å². The zero-order valence-electron chi connectivity index (χ0n) is 10.9. The maximum atomic E-state index is 12.2. The summed E-state index contributed by atoms with van der Waals surface area (Å²) >= 11 is 9.28. The van der Waals surface area contributed by atoms with Crippen LogP contribution in [0, 0.1) is 0 Å². The van der Waals surface area contributed by atoms with Crippen LogP contribution in [0.15, 0.2) is 40.9 Å². The van der Waals surface area contributed by atoms with Crippen molar-refractivity contribution in [3.8, 4) is 11.5 Å². The van der Waals surface area contributed by atoms with E-state index in [9.17, 15) is 4.79 Å². The zero-order chi connectivity index (χ0) is 14.8. The van der Waals surface area contributed by atoms with Crippen LogP contribution < -0.4 is 14.8 Å². The summed E-state index contributed by atoms with van der Waals surface area (Å²) in [4.78, 5) is 12.2. The summed E-state index contributed by atoms with van der Waals surface area (Å²) in [6, 6.07) is 10.3. The van der Waals surface area contributed by atoms with Crippen LogP contribution in [0.2, 0.25) is 5.02 Å². The summed E-state index contributed by atoms with van der Waals surface area (Å²) < 4.78 is 11.7. The number of hydrogen-bond acceptors (Lipinski definition) is 3. The minimum atomic E-state index is -0.235. The van der Waals surface area contributed by atoms with E-state index in [1.165, 1.54) is 0 Å². The first-order chi connectivity index (χ1) is 10.1. The van der Waals surface area contributed by atoms with Gasteiger partial charge in [-0.05, 0) is 46.3 Å². The molecule has 0 spiro atoms. The second kappa shape index (κ2) is 5.95. The van der Waals surface area contributed by atoms with E-state index in [1.807, 2.05) is 0 Å². The van der Waals surface area contributed by atoms with Gasteiger partial charge in [0.2, 0.25) is 0 Å². The Kier molecular flexibility index (Phi) is 4.03. The van der Waals surface area contributed by atoms with Gasteiger partial charge in [-0.15, -0.1) is 0 Å². The highest BCUT2D eigenvalue weighted by Gasteiger charge is 2.13. The summed E-state index contributed by atoms with van der Waals surface area (Å²) in [6.45, 7) is 1.04. The van der Waals surface area contributed by atoms with Gasteiger partial charge in [-0.3, -0.25) is 4.79 Å². The minimum absolute atomic E-state index is 0.235. The number of ether oxygens (including phenoxy) is 2. The molecule has 2 aromatic carbocycles. The Morgan fingerprint density at radius 2 is 1.86 bits per heavy atom. The first-order valence-electron chi connectivity index (χ1n) is 6.29. The molecule has 4 nitrogen and oxygen atoms in total. The van der Waals surface area contributed by atoms with E-state index in [-0.39, 0.29) is 5.91 Å². The first kappa shape index (κ1) is 14.2. The topological polar surface area (TPSA) is 47.6 Å². The lowest BCUT2D eigenvalue weighted by Gasteiger charge is -2.19. The fraction of sp³-hybridized carbons (Fsp3) is 0.133. The number of fused-ring (bicyclic) bond motifs is 1. The highest BCUT2D eigenvalue weighted by molar-refractivity contribution is 9.10. The van der Waals surface area contributed by atoms with Crippen LogP contribution in [0.25, 0.3) is 0 Å². The highest BCUT2D eigenvalue weighted by atomic mass is 79.9. The lowest BCUT2D eigenvalue weighted by atomic mass is 10.2. The quantitative estimate of drug-likeness (QED) is 0.867. The molecular formula is C15H11BrClNO3. The van der Waals surface area contributed by atoms with Crippen LogP contribution in [0.3, 0.4) is 0 Å². The molecule has 2 aromatic rings. The summed E-state index contributed by atoms with van der Waals surface area (Å²) in [6.07, 6.45) is 0. The van der Waals surface area contributed by atoms with Gasteiger partial charge in [0.05, 0.1) is 5.02 Å². The highest BCUT2D eigenvalue weighted by Crippen LogP contribution is 2.32. The molecule has 0 aliphatic carbocycles. The molecule has 3 rings (SSSR count). The molecule has 0 saturated heterocycles. The normalized spacial score (nSPS) is 12.9. The SMILES string of the molecule is O=C(Nc1ccc2c(c1)OCCO2)c1ccc(Br)c(Cl)c1. The fourth-order valence-electron chi connectivity index (χ4n) is 1.96. The Morgan fingerprint density at radius 1 is 1.10 bits per heavy atom. The van der Waals surface area contributed by atoms with Crippen molar-refractivity contribution in [1.29, 1.82) is 0 Å². The van der Waals surface area contributed by atoms with E-state index in [1.54, 1.807) is 36.4 Å². The molecule has 0 aromatic heterocycles. The molecule has 0 bridgehead atoms. The molecular weight excluding hydrogens is 358 g/mol. The van der Waals surface area contributed by atoms with Crippen LogP contribution in [-0.4, -0.2) is 19.1 Å². The van der Waals surface area contributed by atoms with E-state index in [2.05, 4.69) is 21.2 Å². The van der Waals surface area contributed by atoms with Gasteiger partial charge in [-0.1, -0.05) is 11.6 Å². The van der Waals surface area contributed by atoms with Crippen LogP contribution in [0.1, 0.15) is 10.4 Å². The molecule has 0 fully saturated rings. The number of hydrogen-bond donors (Lipinski definition) is 1. The van der Waals surface area contributed by atoms with Crippen molar-refractivity contribution in [3.63, 3.8) is 0 Å². The summed E-state index contributed by atoms with van der Waals surface area (Å²) in [5.74, 6) is 1.08. The Morgan fingerprint density at radius 3 is 2.62 bits per heavy atom. The lowest BCUT2D eigenvalue weighted by Crippen LogP contribution is -2.16. The Bertz CT molecular complexity index is 705. The number of anilines is 1. The molecule has 1 N–H and O–H groups in total. The third-order valence-electron chi connectivity index (χ3n) is 2.98. The van der Waals surface area contributed by atoms with Crippen LogP contribution in [0.4, 0.5) is 5.69 Å². The second-order valence-corrected chi connectivity index (χ2v) is 5.70. The van der Waals surface area contributed by atoms with E-state index in [4.69, 9.17) is 21.1 Å². The molecule has 108 valence electrons. The predicted molar refractivity (Wildman–Crippen MR) is 84.5 cm³/mol. The van der Waals surface area contributed by atoms with Crippen molar-refractivity contribution in [1.82, 2.24) is 0 Å². The van der Waals surface area contributed by atoms with Crippen molar-refractivity contribution >= 4 is 39.1 Å². The number of benzene rings is 2. The monoisotopic (exact) mass is 367 g/mol. The van der Waals surface area contributed by atoms with Gasteiger partial charge in [0.25, 0.3) is 5.91 Å². The van der Waals surface area contributed by atoms with Crippen molar-refractivity contribution in [2.75, 3.05) is 18.5 Å². The summed E-state index contributed by atoms with van der Waals surface area (Å²) in [7, 11) is 0. The van der Waals surface area contributed by atoms with Crippen molar-refractivity contribution in [2.24, 2.45) is 0 Å². The average molecular weight is 369 g/mol. The molecule has 21 heavy (non-hydrogen) atoms. The van der Waals surface area contributed by atoms with E-state index in [0.29, 0.717) is 41.0 Å². The zero-order valence-corrected chi connectivity index (χ0v) is 13.2. The van der Waals surface area contributed by atoms with Gasteiger partial charge in [-0.25, -0.2) is 0 Å². The molecule has 0 unspecified atom stereocenters. The molecule has 1 heterocycles. The Hall–Kier alpha value is -1.72. The third-order valence-corrected chi connectivity index (χ3v) is 4.21. The smallest absolute Gasteiger partial charge is 0.255 e. The predicted octanol–water partition coefficient (Wildman–Crippen LogP) is 4.13. The number of halogens is 2. The lowest BCUT2D eigenvalue weighted by molar-refractivity contribution is 0.102. The number of carbonyl (C=O) groups excluding carboxylic acids is 1. The fourth-order valence-corrected chi connectivity index (χ4v) is 2.39. The Balaban J connectivity index is 1.79. The molecule has 1 aliphatic rings. The van der Waals surface area contributed by atoms with E-state index in [0.717, 1.165) is 4.47 Å². The van der Waals surface area contributed by atoms with Crippen molar-refractivity contribution in [3.05, 3.63) is 51.5 Å². The Labute approximate surface area is 135 Å². The van der Waals surface area contributed by atoms with Gasteiger partial charge >= 0.3 is 0 Å². The largest absolute Gasteiger partial charge is 0.486 e. The number of amides is 1. The molecule has 0 radical (unpaired) electrons. The van der Waals surface area contributed by atoms with Gasteiger partial charge in [0.1, 0.15) is 13.2 Å². The van der Waals surface area contributed by atoms with Gasteiger partial charge in [-0.2, -0.15) is 0 Å². The van der Waals surface area contributed by atoms with E-state index < -0.39 is 0 Å². The van der Waals surface area contributed by atoms with Crippen LogP contribution >= 0.6 is 27.5 Å². The standard InChI is InChI=1S/C15H11BrClNO3/c16-11-3-1-9(7-12(11)17)15(19)18-10-2-4-13-14(8-10)21-6-5-20-13/h1-4,7-8H,5-6H2,(H,18,19). The third kappa shape index (κ3) is 3.14. The second-order valence-electron chi connectivity index (χ2n) is 4.44. The van der Waals surface area contributed by atoms with E-state index >= 15 is 0 Å². The summed E-state index contributed by atoms with van der Waals surface area (Å²) in [5, 5.41) is 3.30. The molecule has 1 aliphatic heterocycles. The summed E-state index contributed by atoms with van der Waals surface area (Å²) in [5.41, 5.74) is 1.13.